The van der Waals surface area contributed by atoms with Crippen LogP contribution in [0, 0.1) is 0 Å². The van der Waals surface area contributed by atoms with E-state index in [9.17, 15) is 0 Å². The molecule has 1 aliphatic heterocycles. The molecule has 1 aromatic carbocycles. The summed E-state index contributed by atoms with van der Waals surface area (Å²) in [6.45, 7) is 2.33. The summed E-state index contributed by atoms with van der Waals surface area (Å²) in [5.74, 6) is 0.792. The minimum atomic E-state index is 0.0530. The van der Waals surface area contributed by atoms with Crippen molar-refractivity contribution in [3.05, 3.63) is 42.9 Å². The lowest BCUT2D eigenvalue weighted by molar-refractivity contribution is -0.0366. The largest absolute Gasteiger partial charge is 0.491 e. The number of fused-ring (bicyclic) bond motifs is 1. The molecule has 2 aromatic heterocycles. The normalized spacial score (nSPS) is 17.5. The second-order valence-electron chi connectivity index (χ2n) is 7.25. The maximum Gasteiger partial charge on any atom is 0.150 e. The summed E-state index contributed by atoms with van der Waals surface area (Å²) < 4.78 is 13.7. The van der Waals surface area contributed by atoms with Crippen LogP contribution in [0.1, 0.15) is 25.5 Å². The second kappa shape index (κ2) is 8.06. The van der Waals surface area contributed by atoms with E-state index in [-0.39, 0.29) is 6.23 Å². The van der Waals surface area contributed by atoms with Gasteiger partial charge >= 0.3 is 0 Å². The molecule has 0 saturated carbocycles. The minimum Gasteiger partial charge on any atom is -0.491 e. The van der Waals surface area contributed by atoms with Crippen molar-refractivity contribution in [2.24, 2.45) is 0 Å². The zero-order valence-corrected chi connectivity index (χ0v) is 16.0. The van der Waals surface area contributed by atoms with Crippen molar-refractivity contribution in [3.8, 4) is 16.9 Å². The highest BCUT2D eigenvalue weighted by Gasteiger charge is 2.18. The second-order valence-corrected chi connectivity index (χ2v) is 7.25. The standard InChI is InChI=1S/C21H26N4O2/c1-24(2)8-10-26-19-12-17(13-22-15-19)16-6-7-20-18(11-16)14-23-25(20)21-5-3-4-9-27-21/h6-7,11-15,21H,3-5,8-10H2,1-2H3. The van der Waals surface area contributed by atoms with Gasteiger partial charge in [0, 0.05) is 30.3 Å². The predicted octanol–water partition coefficient (Wildman–Crippen LogP) is 3.74. The van der Waals surface area contributed by atoms with Gasteiger partial charge < -0.3 is 14.4 Å². The van der Waals surface area contributed by atoms with Crippen molar-refractivity contribution < 1.29 is 9.47 Å². The van der Waals surface area contributed by atoms with E-state index in [4.69, 9.17) is 9.47 Å². The van der Waals surface area contributed by atoms with E-state index in [1.807, 2.05) is 37.2 Å². The number of likely N-dealkylation sites (N-methyl/N-ethyl adjacent to an activating group) is 1. The Kier molecular flexibility index (Phi) is 5.36. The first-order valence-electron chi connectivity index (χ1n) is 9.52. The van der Waals surface area contributed by atoms with Crippen LogP contribution in [-0.2, 0) is 4.74 Å². The van der Waals surface area contributed by atoms with Gasteiger partial charge in [-0.2, -0.15) is 5.10 Å². The molecule has 1 fully saturated rings. The smallest absolute Gasteiger partial charge is 0.150 e. The molecule has 1 saturated heterocycles. The van der Waals surface area contributed by atoms with Gasteiger partial charge in [-0.25, -0.2) is 4.68 Å². The number of rotatable bonds is 6. The van der Waals surface area contributed by atoms with Crippen LogP contribution in [0.3, 0.4) is 0 Å². The first kappa shape index (κ1) is 17.9. The molecule has 0 bridgehead atoms. The van der Waals surface area contributed by atoms with Gasteiger partial charge in [0.05, 0.1) is 17.9 Å². The number of nitrogens with zero attached hydrogens (tertiary/aromatic N) is 4. The van der Waals surface area contributed by atoms with Crippen molar-refractivity contribution in [1.82, 2.24) is 19.7 Å². The molecular weight excluding hydrogens is 340 g/mol. The van der Waals surface area contributed by atoms with Gasteiger partial charge in [-0.1, -0.05) is 6.07 Å². The fraction of sp³-hybridized carbons (Fsp3) is 0.429. The molecule has 1 atom stereocenters. The number of ether oxygens (including phenoxy) is 2. The van der Waals surface area contributed by atoms with Crippen LogP contribution >= 0.6 is 0 Å². The molecule has 0 aliphatic carbocycles. The van der Waals surface area contributed by atoms with Crippen LogP contribution in [-0.4, -0.2) is 53.5 Å². The molecule has 0 radical (unpaired) electrons. The molecule has 3 aromatic rings. The van der Waals surface area contributed by atoms with Crippen molar-refractivity contribution in [2.45, 2.75) is 25.5 Å². The average molecular weight is 366 g/mol. The molecule has 0 amide bonds. The molecule has 4 rings (SSSR count). The molecule has 1 unspecified atom stereocenters. The third kappa shape index (κ3) is 4.12. The Hall–Kier alpha value is -2.44. The van der Waals surface area contributed by atoms with Gasteiger partial charge in [0.25, 0.3) is 0 Å². The Labute approximate surface area is 159 Å². The fourth-order valence-electron chi connectivity index (χ4n) is 3.38. The number of aromatic nitrogens is 3. The molecule has 27 heavy (non-hydrogen) atoms. The molecule has 3 heterocycles. The molecular formula is C21H26N4O2. The fourth-order valence-corrected chi connectivity index (χ4v) is 3.38. The zero-order valence-electron chi connectivity index (χ0n) is 16.0. The lowest BCUT2D eigenvalue weighted by Gasteiger charge is -2.23. The Balaban J connectivity index is 1.55. The molecule has 142 valence electrons. The SMILES string of the molecule is CN(C)CCOc1cncc(-c2ccc3c(cnn3C3CCCCO3)c2)c1. The maximum atomic E-state index is 5.89. The Morgan fingerprint density at radius 3 is 2.89 bits per heavy atom. The summed E-state index contributed by atoms with van der Waals surface area (Å²) in [4.78, 5) is 6.43. The van der Waals surface area contributed by atoms with Gasteiger partial charge in [0.15, 0.2) is 6.23 Å². The lowest BCUT2D eigenvalue weighted by Crippen LogP contribution is -2.19. The first-order valence-corrected chi connectivity index (χ1v) is 9.52. The van der Waals surface area contributed by atoms with Gasteiger partial charge in [0.1, 0.15) is 12.4 Å². The first-order chi connectivity index (χ1) is 13.2. The van der Waals surface area contributed by atoms with Gasteiger partial charge in [0.2, 0.25) is 0 Å². The van der Waals surface area contributed by atoms with E-state index >= 15 is 0 Å². The van der Waals surface area contributed by atoms with Gasteiger partial charge in [-0.15, -0.1) is 0 Å². The Bertz CT molecular complexity index is 900. The van der Waals surface area contributed by atoms with Gasteiger partial charge in [-0.3, -0.25) is 4.98 Å². The molecule has 0 spiro atoms. The maximum absolute atomic E-state index is 5.89. The molecule has 0 N–H and O–H groups in total. The highest BCUT2D eigenvalue weighted by atomic mass is 16.5. The summed E-state index contributed by atoms with van der Waals surface area (Å²) in [7, 11) is 4.07. The zero-order chi connectivity index (χ0) is 18.6. The van der Waals surface area contributed by atoms with Crippen LogP contribution in [0.5, 0.6) is 5.75 Å². The summed E-state index contributed by atoms with van der Waals surface area (Å²) in [5.41, 5.74) is 3.26. The van der Waals surface area contributed by atoms with Crippen molar-refractivity contribution in [3.63, 3.8) is 0 Å². The lowest BCUT2D eigenvalue weighted by atomic mass is 10.1. The average Bonchev–Trinajstić information content (AvgIpc) is 3.12. The highest BCUT2D eigenvalue weighted by molar-refractivity contribution is 5.84. The van der Waals surface area contributed by atoms with Crippen molar-refractivity contribution in [1.29, 1.82) is 0 Å². The van der Waals surface area contributed by atoms with Gasteiger partial charge in [-0.05, 0) is 57.1 Å². The molecule has 6 nitrogen and oxygen atoms in total. The molecule has 1 aliphatic rings. The monoisotopic (exact) mass is 366 g/mol. The van der Waals surface area contributed by atoms with E-state index in [1.165, 1.54) is 6.42 Å². The summed E-state index contributed by atoms with van der Waals surface area (Å²) in [6.07, 6.45) is 8.95. The van der Waals surface area contributed by atoms with Crippen molar-refractivity contribution >= 4 is 10.9 Å². The van der Waals surface area contributed by atoms with E-state index in [0.29, 0.717) is 6.61 Å². The van der Waals surface area contributed by atoms with Crippen LogP contribution in [0.15, 0.2) is 42.9 Å². The van der Waals surface area contributed by atoms with E-state index in [0.717, 1.165) is 53.8 Å². The third-order valence-corrected chi connectivity index (χ3v) is 4.88. The summed E-state index contributed by atoms with van der Waals surface area (Å²) >= 11 is 0. The van der Waals surface area contributed by atoms with Crippen molar-refractivity contribution in [2.75, 3.05) is 33.9 Å². The molecule has 6 heteroatoms. The minimum absolute atomic E-state index is 0.0530. The quantitative estimate of drug-likeness (QED) is 0.665. The number of benzene rings is 1. The number of pyridine rings is 1. The third-order valence-electron chi connectivity index (χ3n) is 4.88. The van der Waals surface area contributed by atoms with E-state index in [2.05, 4.69) is 33.2 Å². The van der Waals surface area contributed by atoms with Crippen LogP contribution in [0.4, 0.5) is 0 Å². The summed E-state index contributed by atoms with van der Waals surface area (Å²) in [6, 6.07) is 8.43. The Morgan fingerprint density at radius 1 is 1.15 bits per heavy atom. The van der Waals surface area contributed by atoms with E-state index in [1.54, 1.807) is 6.20 Å². The van der Waals surface area contributed by atoms with Crippen LogP contribution in [0.2, 0.25) is 0 Å². The number of hydrogen-bond acceptors (Lipinski definition) is 5. The van der Waals surface area contributed by atoms with E-state index < -0.39 is 0 Å². The topological polar surface area (TPSA) is 52.4 Å². The highest BCUT2D eigenvalue weighted by Crippen LogP contribution is 2.30. The van der Waals surface area contributed by atoms with Crippen LogP contribution < -0.4 is 4.74 Å². The predicted molar refractivity (Wildman–Crippen MR) is 106 cm³/mol. The number of hydrogen-bond donors (Lipinski definition) is 0. The van der Waals surface area contributed by atoms with Crippen LogP contribution in [0.25, 0.3) is 22.0 Å². The Morgan fingerprint density at radius 2 is 2.07 bits per heavy atom. The summed E-state index contributed by atoms with van der Waals surface area (Å²) in [5, 5.41) is 5.69.